The van der Waals surface area contributed by atoms with Gasteiger partial charge in [0, 0.05) is 29.4 Å². The molecule has 0 saturated heterocycles. The SMILES string of the molecule is O=C(NC1CCCCC1)[C@H](c1ccncc1)N(C(=O)Cc1cccs1)C1CC1. The quantitative estimate of drug-likeness (QED) is 0.771. The van der Waals surface area contributed by atoms with E-state index in [0.717, 1.165) is 49.0 Å². The number of amides is 2. The van der Waals surface area contributed by atoms with Crippen molar-refractivity contribution in [3.05, 3.63) is 52.5 Å². The molecule has 2 aliphatic carbocycles. The van der Waals surface area contributed by atoms with E-state index < -0.39 is 6.04 Å². The molecule has 2 amide bonds. The summed E-state index contributed by atoms with van der Waals surface area (Å²) in [7, 11) is 0. The van der Waals surface area contributed by atoms with Crippen LogP contribution < -0.4 is 5.32 Å². The topological polar surface area (TPSA) is 62.3 Å². The van der Waals surface area contributed by atoms with Gasteiger partial charge in [0.05, 0.1) is 6.42 Å². The van der Waals surface area contributed by atoms with E-state index in [4.69, 9.17) is 0 Å². The number of pyridine rings is 1. The average Bonchev–Trinajstić information content (AvgIpc) is 3.42. The Labute approximate surface area is 170 Å². The number of carbonyl (C=O) groups is 2. The number of carbonyl (C=O) groups excluding carboxylic acids is 2. The standard InChI is InChI=1S/C22H27N3O2S/c26-20(15-19-7-4-14-28-19)25(18-8-9-18)21(16-10-12-23-13-11-16)22(27)24-17-5-2-1-3-6-17/h4,7,10-14,17-18,21H,1-3,5-6,8-9,15H2,(H,24,27)/t21-/m0/s1. The summed E-state index contributed by atoms with van der Waals surface area (Å²) >= 11 is 1.59. The lowest BCUT2D eigenvalue weighted by molar-refractivity contribution is -0.141. The van der Waals surface area contributed by atoms with Crippen molar-refractivity contribution in [3.63, 3.8) is 0 Å². The summed E-state index contributed by atoms with van der Waals surface area (Å²) in [5.41, 5.74) is 0.842. The zero-order valence-corrected chi connectivity index (χ0v) is 16.9. The largest absolute Gasteiger partial charge is 0.351 e. The van der Waals surface area contributed by atoms with Gasteiger partial charge in [0.2, 0.25) is 11.8 Å². The van der Waals surface area contributed by atoms with Crippen LogP contribution in [0.5, 0.6) is 0 Å². The number of nitrogens with zero attached hydrogens (tertiary/aromatic N) is 2. The molecule has 2 aromatic rings. The monoisotopic (exact) mass is 397 g/mol. The highest BCUT2D eigenvalue weighted by Crippen LogP contribution is 2.36. The molecule has 2 saturated carbocycles. The van der Waals surface area contributed by atoms with Crippen molar-refractivity contribution in [2.75, 3.05) is 0 Å². The van der Waals surface area contributed by atoms with Crippen LogP contribution in [0, 0.1) is 0 Å². The maximum atomic E-state index is 13.4. The molecule has 6 heteroatoms. The molecule has 2 aliphatic rings. The Morgan fingerprint density at radius 1 is 1.11 bits per heavy atom. The number of aromatic nitrogens is 1. The molecule has 0 unspecified atom stereocenters. The van der Waals surface area contributed by atoms with Gasteiger partial charge in [-0.05, 0) is 54.8 Å². The zero-order chi connectivity index (χ0) is 19.3. The van der Waals surface area contributed by atoms with Gasteiger partial charge < -0.3 is 10.2 Å². The Morgan fingerprint density at radius 3 is 2.50 bits per heavy atom. The van der Waals surface area contributed by atoms with Crippen molar-refractivity contribution >= 4 is 23.2 Å². The van der Waals surface area contributed by atoms with Gasteiger partial charge >= 0.3 is 0 Å². The van der Waals surface area contributed by atoms with Crippen LogP contribution in [0.2, 0.25) is 0 Å². The van der Waals surface area contributed by atoms with Gasteiger partial charge in [-0.15, -0.1) is 11.3 Å². The van der Waals surface area contributed by atoms with Crippen LogP contribution in [-0.2, 0) is 16.0 Å². The van der Waals surface area contributed by atoms with Crippen LogP contribution in [0.15, 0.2) is 42.0 Å². The Hall–Kier alpha value is -2.21. The Balaban J connectivity index is 1.58. The fraction of sp³-hybridized carbons (Fsp3) is 0.500. The van der Waals surface area contributed by atoms with E-state index in [-0.39, 0.29) is 23.9 Å². The third-order valence-corrected chi connectivity index (χ3v) is 6.51. The minimum Gasteiger partial charge on any atom is -0.351 e. The van der Waals surface area contributed by atoms with Crippen LogP contribution in [0.25, 0.3) is 0 Å². The summed E-state index contributed by atoms with van der Waals surface area (Å²) in [6.45, 7) is 0. The van der Waals surface area contributed by atoms with Gasteiger partial charge in [-0.2, -0.15) is 0 Å². The second-order valence-corrected chi connectivity index (χ2v) is 8.85. The van der Waals surface area contributed by atoms with Crippen molar-refractivity contribution in [1.82, 2.24) is 15.2 Å². The van der Waals surface area contributed by atoms with Crippen molar-refractivity contribution in [2.45, 2.75) is 69.5 Å². The molecular weight excluding hydrogens is 370 g/mol. The molecular formula is C22H27N3O2S. The Morgan fingerprint density at radius 2 is 1.86 bits per heavy atom. The first-order valence-corrected chi connectivity index (χ1v) is 11.1. The number of hydrogen-bond acceptors (Lipinski definition) is 4. The fourth-order valence-corrected chi connectivity index (χ4v) is 4.77. The molecule has 148 valence electrons. The first kappa shape index (κ1) is 19.1. The highest BCUT2D eigenvalue weighted by Gasteiger charge is 2.41. The maximum absolute atomic E-state index is 13.4. The molecule has 2 heterocycles. The van der Waals surface area contributed by atoms with Crippen LogP contribution in [0.3, 0.4) is 0 Å². The third kappa shape index (κ3) is 4.61. The highest BCUT2D eigenvalue weighted by atomic mass is 32.1. The summed E-state index contributed by atoms with van der Waals surface area (Å²) < 4.78 is 0. The molecule has 1 atom stereocenters. The fourth-order valence-electron chi connectivity index (χ4n) is 4.08. The second kappa shape index (κ2) is 8.86. The molecule has 1 N–H and O–H groups in total. The lowest BCUT2D eigenvalue weighted by Gasteiger charge is -2.33. The molecule has 0 radical (unpaired) electrons. The van der Waals surface area contributed by atoms with Crippen molar-refractivity contribution < 1.29 is 9.59 Å². The predicted molar refractivity (Wildman–Crippen MR) is 110 cm³/mol. The van der Waals surface area contributed by atoms with Crippen molar-refractivity contribution in [1.29, 1.82) is 0 Å². The molecule has 0 bridgehead atoms. The third-order valence-electron chi connectivity index (χ3n) is 5.63. The Kier molecular flexibility index (Phi) is 6.05. The van der Waals surface area contributed by atoms with Gasteiger partial charge in [-0.25, -0.2) is 0 Å². The molecule has 0 aliphatic heterocycles. The molecule has 0 spiro atoms. The molecule has 4 rings (SSSR count). The van der Waals surface area contributed by atoms with Crippen LogP contribution in [0.4, 0.5) is 0 Å². The Bertz CT molecular complexity index is 783. The number of hydrogen-bond donors (Lipinski definition) is 1. The summed E-state index contributed by atoms with van der Waals surface area (Å²) in [4.78, 5) is 33.6. The van der Waals surface area contributed by atoms with Crippen molar-refractivity contribution in [3.8, 4) is 0 Å². The summed E-state index contributed by atoms with van der Waals surface area (Å²) in [6, 6.07) is 7.46. The lowest BCUT2D eigenvalue weighted by atomic mass is 9.94. The van der Waals surface area contributed by atoms with E-state index >= 15 is 0 Å². The average molecular weight is 398 g/mol. The van der Waals surface area contributed by atoms with Gasteiger partial charge in [0.15, 0.2) is 0 Å². The van der Waals surface area contributed by atoms with Gasteiger partial charge in [0.25, 0.3) is 0 Å². The van der Waals surface area contributed by atoms with E-state index in [9.17, 15) is 9.59 Å². The molecule has 5 nitrogen and oxygen atoms in total. The van der Waals surface area contributed by atoms with E-state index in [0.29, 0.717) is 6.42 Å². The van der Waals surface area contributed by atoms with Gasteiger partial charge in [-0.1, -0.05) is 25.3 Å². The van der Waals surface area contributed by atoms with Crippen molar-refractivity contribution in [2.24, 2.45) is 0 Å². The number of thiophene rings is 1. The minimum atomic E-state index is -0.579. The first-order chi connectivity index (χ1) is 13.7. The van der Waals surface area contributed by atoms with Crippen LogP contribution >= 0.6 is 11.3 Å². The molecule has 2 fully saturated rings. The molecule has 2 aromatic heterocycles. The first-order valence-electron chi connectivity index (χ1n) is 10.3. The minimum absolute atomic E-state index is 0.0329. The van der Waals surface area contributed by atoms with Crippen LogP contribution in [0.1, 0.15) is 61.4 Å². The van der Waals surface area contributed by atoms with Gasteiger partial charge in [-0.3, -0.25) is 14.6 Å². The molecule has 28 heavy (non-hydrogen) atoms. The smallest absolute Gasteiger partial charge is 0.247 e. The van der Waals surface area contributed by atoms with E-state index in [1.54, 1.807) is 23.7 Å². The summed E-state index contributed by atoms with van der Waals surface area (Å²) in [5, 5.41) is 5.23. The maximum Gasteiger partial charge on any atom is 0.247 e. The van der Waals surface area contributed by atoms with E-state index in [2.05, 4.69) is 10.3 Å². The van der Waals surface area contributed by atoms with Gasteiger partial charge in [0.1, 0.15) is 6.04 Å². The number of rotatable bonds is 7. The highest BCUT2D eigenvalue weighted by molar-refractivity contribution is 7.10. The van der Waals surface area contributed by atoms with E-state index in [1.807, 2.05) is 34.5 Å². The predicted octanol–water partition coefficient (Wildman–Crippen LogP) is 3.87. The molecule has 0 aromatic carbocycles. The summed E-state index contributed by atoms with van der Waals surface area (Å²) in [5.74, 6) is -0.0184. The lowest BCUT2D eigenvalue weighted by Crippen LogP contribution is -2.48. The second-order valence-electron chi connectivity index (χ2n) is 7.81. The van der Waals surface area contributed by atoms with E-state index in [1.165, 1.54) is 6.42 Å². The normalized spacial score (nSPS) is 18.4. The zero-order valence-electron chi connectivity index (χ0n) is 16.0. The summed E-state index contributed by atoms with van der Waals surface area (Å²) in [6.07, 6.45) is 11.3. The number of nitrogens with one attached hydrogen (secondary N) is 1. The van der Waals surface area contributed by atoms with Crippen LogP contribution in [-0.4, -0.2) is 33.8 Å².